The number of carbonyl (C=O) groups is 1. The number of hydrogen-bond acceptors (Lipinski definition) is 1. The van der Waals surface area contributed by atoms with Gasteiger partial charge < -0.3 is 4.90 Å². The van der Waals surface area contributed by atoms with Crippen LogP contribution in [0.3, 0.4) is 0 Å². The van der Waals surface area contributed by atoms with Crippen LogP contribution in [-0.2, 0) is 4.79 Å². The van der Waals surface area contributed by atoms with E-state index in [1.54, 1.807) is 11.9 Å². The highest BCUT2D eigenvalue weighted by atomic mass is 16.1. The molecule has 0 unspecified atom stereocenters. The first kappa shape index (κ1) is 12.7. The molecule has 0 saturated heterocycles. The summed E-state index contributed by atoms with van der Waals surface area (Å²) < 4.78 is 0. The highest BCUT2D eigenvalue weighted by Crippen LogP contribution is 2.04. The molecule has 0 fully saturated rings. The zero-order chi connectivity index (χ0) is 11.0. The molecule has 2 nitrogen and oxygen atoms in total. The molecule has 0 radical (unpaired) electrons. The third-order valence-corrected chi connectivity index (χ3v) is 1.78. The van der Waals surface area contributed by atoms with Gasteiger partial charge in [-0.2, -0.15) is 0 Å². The van der Waals surface area contributed by atoms with Gasteiger partial charge in [-0.05, 0) is 26.3 Å². The van der Waals surface area contributed by atoms with Crippen molar-refractivity contribution in [3.8, 4) is 0 Å². The van der Waals surface area contributed by atoms with E-state index >= 15 is 0 Å². The van der Waals surface area contributed by atoms with E-state index < -0.39 is 0 Å². The molecule has 0 rings (SSSR count). The van der Waals surface area contributed by atoms with E-state index in [1.165, 1.54) is 11.1 Å². The lowest BCUT2D eigenvalue weighted by molar-refractivity contribution is -0.116. The summed E-state index contributed by atoms with van der Waals surface area (Å²) in [5.41, 5.74) is 2.34. The van der Waals surface area contributed by atoms with Crippen LogP contribution in [0.15, 0.2) is 35.5 Å². The van der Waals surface area contributed by atoms with Gasteiger partial charge in [0.15, 0.2) is 0 Å². The molecular formula is C12H19NO. The monoisotopic (exact) mass is 193 g/mol. The van der Waals surface area contributed by atoms with E-state index in [2.05, 4.69) is 6.08 Å². The highest BCUT2D eigenvalue weighted by Gasteiger charge is 1.95. The summed E-state index contributed by atoms with van der Waals surface area (Å²) in [7, 11) is 1.77. The van der Waals surface area contributed by atoms with Crippen LogP contribution in [0.25, 0.3) is 0 Å². The minimum atomic E-state index is 0.679. The Morgan fingerprint density at radius 1 is 1.36 bits per heavy atom. The summed E-state index contributed by atoms with van der Waals surface area (Å²) in [6.45, 7) is 6.69. The fourth-order valence-electron chi connectivity index (χ4n) is 1.18. The first-order valence-electron chi connectivity index (χ1n) is 4.75. The van der Waals surface area contributed by atoms with Crippen LogP contribution in [-0.4, -0.2) is 24.9 Å². The van der Waals surface area contributed by atoms with Crippen molar-refractivity contribution < 1.29 is 4.79 Å². The molecule has 0 N–H and O–H groups in total. The second-order valence-corrected chi connectivity index (χ2v) is 3.30. The van der Waals surface area contributed by atoms with Crippen molar-refractivity contribution in [2.45, 2.75) is 20.8 Å². The van der Waals surface area contributed by atoms with Gasteiger partial charge in [0.05, 0.1) is 0 Å². The standard InChI is InChI=1S/C12H19NO/c1-5-7-12(6-2)8-11(3)9-13(4)10-14/h5-8,10H,9H2,1-4H3/b7-5-,11-8+,12-6+. The Labute approximate surface area is 86.6 Å². The van der Waals surface area contributed by atoms with Crippen molar-refractivity contribution in [1.82, 2.24) is 4.90 Å². The molecule has 0 bridgehead atoms. The average molecular weight is 193 g/mol. The maximum absolute atomic E-state index is 10.4. The molecule has 14 heavy (non-hydrogen) atoms. The minimum absolute atomic E-state index is 0.679. The zero-order valence-corrected chi connectivity index (χ0v) is 9.45. The molecule has 0 saturated carbocycles. The van der Waals surface area contributed by atoms with Crippen molar-refractivity contribution in [2.75, 3.05) is 13.6 Å². The van der Waals surface area contributed by atoms with E-state index in [0.29, 0.717) is 6.54 Å². The lowest BCUT2D eigenvalue weighted by atomic mass is 10.1. The van der Waals surface area contributed by atoms with Gasteiger partial charge in [-0.25, -0.2) is 0 Å². The molecule has 0 aliphatic rings. The van der Waals surface area contributed by atoms with Crippen molar-refractivity contribution in [2.24, 2.45) is 0 Å². The molecule has 0 aromatic heterocycles. The van der Waals surface area contributed by atoms with Crippen LogP contribution in [0.1, 0.15) is 20.8 Å². The predicted octanol–water partition coefficient (Wildman–Crippen LogP) is 2.54. The Hall–Kier alpha value is -1.31. The van der Waals surface area contributed by atoms with Gasteiger partial charge in [-0.1, -0.05) is 29.9 Å². The predicted molar refractivity (Wildman–Crippen MR) is 61.0 cm³/mol. The summed E-state index contributed by atoms with van der Waals surface area (Å²) >= 11 is 0. The summed E-state index contributed by atoms with van der Waals surface area (Å²) in [6.07, 6.45) is 9.01. The second kappa shape index (κ2) is 7.13. The molecular weight excluding hydrogens is 174 g/mol. The quantitative estimate of drug-likeness (QED) is 0.485. The van der Waals surface area contributed by atoms with E-state index in [0.717, 1.165) is 6.41 Å². The maximum Gasteiger partial charge on any atom is 0.209 e. The van der Waals surface area contributed by atoms with E-state index in [9.17, 15) is 4.79 Å². The van der Waals surface area contributed by atoms with Crippen molar-refractivity contribution >= 4 is 6.41 Å². The first-order valence-corrected chi connectivity index (χ1v) is 4.75. The molecule has 0 spiro atoms. The lowest BCUT2D eigenvalue weighted by Gasteiger charge is -2.10. The number of hydrogen-bond donors (Lipinski definition) is 0. The summed E-state index contributed by atoms with van der Waals surface area (Å²) in [5, 5.41) is 0. The molecule has 0 aromatic rings. The molecule has 0 heterocycles. The molecule has 1 amide bonds. The lowest BCUT2D eigenvalue weighted by Crippen LogP contribution is -2.17. The third kappa shape index (κ3) is 5.36. The van der Waals surface area contributed by atoms with Crippen molar-refractivity contribution in [3.63, 3.8) is 0 Å². The Kier molecular flexibility index (Phi) is 6.46. The van der Waals surface area contributed by atoms with Gasteiger partial charge in [0.25, 0.3) is 0 Å². The normalized spacial score (nSPS) is 13.4. The Bertz CT molecular complexity index is 261. The average Bonchev–Trinajstić information content (AvgIpc) is 2.16. The largest absolute Gasteiger partial charge is 0.344 e. The second-order valence-electron chi connectivity index (χ2n) is 3.30. The van der Waals surface area contributed by atoms with Crippen LogP contribution < -0.4 is 0 Å². The minimum Gasteiger partial charge on any atom is -0.344 e. The summed E-state index contributed by atoms with van der Waals surface area (Å²) in [5.74, 6) is 0. The molecule has 0 aliphatic heterocycles. The van der Waals surface area contributed by atoms with Crippen LogP contribution >= 0.6 is 0 Å². The van der Waals surface area contributed by atoms with E-state index in [-0.39, 0.29) is 0 Å². The molecule has 0 aliphatic carbocycles. The number of allylic oxidation sites excluding steroid dienone is 5. The van der Waals surface area contributed by atoms with E-state index in [1.807, 2.05) is 39.0 Å². The van der Waals surface area contributed by atoms with Crippen LogP contribution in [0.5, 0.6) is 0 Å². The molecule has 0 atom stereocenters. The van der Waals surface area contributed by atoms with E-state index in [4.69, 9.17) is 0 Å². The SMILES string of the molecule is C\C=C/C(=C\C)/C=C(\C)CN(C)C=O. The fraction of sp³-hybridized carbons (Fsp3) is 0.417. The number of rotatable bonds is 5. The van der Waals surface area contributed by atoms with Crippen LogP contribution in [0.4, 0.5) is 0 Å². The van der Waals surface area contributed by atoms with Gasteiger partial charge in [0.2, 0.25) is 6.41 Å². The zero-order valence-electron chi connectivity index (χ0n) is 9.45. The number of amides is 1. The summed E-state index contributed by atoms with van der Waals surface area (Å²) in [6, 6.07) is 0. The molecule has 78 valence electrons. The highest BCUT2D eigenvalue weighted by molar-refractivity contribution is 5.47. The Balaban J connectivity index is 4.41. The smallest absolute Gasteiger partial charge is 0.209 e. The Morgan fingerprint density at radius 2 is 2.00 bits per heavy atom. The van der Waals surface area contributed by atoms with Gasteiger partial charge in [0.1, 0.15) is 0 Å². The topological polar surface area (TPSA) is 20.3 Å². The fourth-order valence-corrected chi connectivity index (χ4v) is 1.18. The van der Waals surface area contributed by atoms with Crippen LogP contribution in [0.2, 0.25) is 0 Å². The summed E-state index contributed by atoms with van der Waals surface area (Å²) in [4.78, 5) is 12.0. The Morgan fingerprint density at radius 3 is 2.43 bits per heavy atom. The number of carbonyl (C=O) groups excluding carboxylic acids is 1. The van der Waals surface area contributed by atoms with Gasteiger partial charge in [-0.3, -0.25) is 4.79 Å². The maximum atomic E-state index is 10.4. The van der Waals surface area contributed by atoms with Gasteiger partial charge in [0, 0.05) is 13.6 Å². The number of likely N-dealkylation sites (N-methyl/N-ethyl adjacent to an activating group) is 1. The molecule has 2 heteroatoms. The van der Waals surface area contributed by atoms with Crippen LogP contribution in [0, 0.1) is 0 Å². The van der Waals surface area contributed by atoms with Crippen molar-refractivity contribution in [1.29, 1.82) is 0 Å². The molecule has 0 aromatic carbocycles. The van der Waals surface area contributed by atoms with Gasteiger partial charge >= 0.3 is 0 Å². The van der Waals surface area contributed by atoms with Gasteiger partial charge in [-0.15, -0.1) is 0 Å². The van der Waals surface area contributed by atoms with Crippen molar-refractivity contribution in [3.05, 3.63) is 35.5 Å². The third-order valence-electron chi connectivity index (χ3n) is 1.78. The first-order chi connectivity index (χ1) is 6.63. The number of nitrogens with zero attached hydrogens (tertiary/aromatic N) is 1.